The highest BCUT2D eigenvalue weighted by atomic mass is 16.6. The number of rotatable bonds is 2. The predicted octanol–water partition coefficient (Wildman–Crippen LogP) is 2.91. The topological polar surface area (TPSA) is 63.7 Å². The Hall–Kier alpha value is -2.17. The van der Waals surface area contributed by atoms with Crippen molar-refractivity contribution in [1.29, 1.82) is 0 Å². The second-order valence-corrected chi connectivity index (χ2v) is 6.76. The largest absolute Gasteiger partial charge is 0.436 e. The van der Waals surface area contributed by atoms with Crippen LogP contribution in [-0.4, -0.2) is 22.7 Å². The van der Waals surface area contributed by atoms with E-state index in [4.69, 9.17) is 4.74 Å². The van der Waals surface area contributed by atoms with Crippen molar-refractivity contribution in [1.82, 2.24) is 4.90 Å². The van der Waals surface area contributed by atoms with Gasteiger partial charge in [-0.25, -0.2) is 4.90 Å². The van der Waals surface area contributed by atoms with Crippen LogP contribution in [0.15, 0.2) is 24.3 Å². The molecule has 1 heterocycles. The third-order valence-corrected chi connectivity index (χ3v) is 3.47. The summed E-state index contributed by atoms with van der Waals surface area (Å²) in [6, 6.07) is 6.83. The molecule has 2 amide bonds. The molecular formula is C17H21NO4. The molecule has 1 aliphatic rings. The monoisotopic (exact) mass is 303 g/mol. The molecular weight excluding hydrogens is 282 g/mol. The Morgan fingerprint density at radius 3 is 2.32 bits per heavy atom. The zero-order valence-electron chi connectivity index (χ0n) is 13.5. The van der Waals surface area contributed by atoms with E-state index in [9.17, 15) is 14.4 Å². The zero-order valence-corrected chi connectivity index (χ0v) is 13.5. The van der Waals surface area contributed by atoms with Gasteiger partial charge in [-0.1, -0.05) is 32.0 Å². The van der Waals surface area contributed by atoms with E-state index in [2.05, 4.69) is 0 Å². The van der Waals surface area contributed by atoms with Crippen LogP contribution < -0.4 is 0 Å². The number of benzene rings is 1. The minimum Gasteiger partial charge on any atom is -0.436 e. The molecule has 0 saturated carbocycles. The van der Waals surface area contributed by atoms with Gasteiger partial charge in [-0.05, 0) is 26.8 Å². The fraction of sp³-hybridized carbons (Fsp3) is 0.471. The lowest BCUT2D eigenvalue weighted by atomic mass is 9.97. The molecule has 0 spiro atoms. The Kier molecular flexibility index (Phi) is 4.09. The number of esters is 1. The first-order chi connectivity index (χ1) is 10.1. The molecule has 5 nitrogen and oxygen atoms in total. The van der Waals surface area contributed by atoms with Crippen molar-refractivity contribution in [3.8, 4) is 0 Å². The molecule has 0 saturated heterocycles. The van der Waals surface area contributed by atoms with Crippen LogP contribution in [-0.2, 0) is 14.3 Å². The van der Waals surface area contributed by atoms with Crippen molar-refractivity contribution < 1.29 is 19.1 Å². The Morgan fingerprint density at radius 2 is 1.77 bits per heavy atom. The van der Waals surface area contributed by atoms with Crippen LogP contribution in [0.1, 0.15) is 56.8 Å². The molecule has 1 aromatic rings. The van der Waals surface area contributed by atoms with Gasteiger partial charge in [-0.3, -0.25) is 14.4 Å². The third kappa shape index (κ3) is 2.75. The highest BCUT2D eigenvalue weighted by Gasteiger charge is 2.44. The van der Waals surface area contributed by atoms with Gasteiger partial charge in [-0.15, -0.1) is 0 Å². The highest BCUT2D eigenvalue weighted by molar-refractivity contribution is 6.09. The number of carbonyl (C=O) groups is 3. The van der Waals surface area contributed by atoms with Crippen molar-refractivity contribution in [2.24, 2.45) is 11.3 Å². The molecule has 0 N–H and O–H groups in total. The summed E-state index contributed by atoms with van der Waals surface area (Å²) in [7, 11) is 0. The van der Waals surface area contributed by atoms with Crippen molar-refractivity contribution in [2.45, 2.75) is 40.8 Å². The lowest BCUT2D eigenvalue weighted by Crippen LogP contribution is -2.40. The van der Waals surface area contributed by atoms with Crippen LogP contribution in [0.4, 0.5) is 0 Å². The summed E-state index contributed by atoms with van der Waals surface area (Å²) < 4.78 is 5.50. The van der Waals surface area contributed by atoms with E-state index in [0.717, 1.165) is 4.90 Å². The summed E-state index contributed by atoms with van der Waals surface area (Å²) in [4.78, 5) is 38.1. The Labute approximate surface area is 130 Å². The number of imide groups is 1. The van der Waals surface area contributed by atoms with Crippen LogP contribution in [0, 0.1) is 11.3 Å². The summed E-state index contributed by atoms with van der Waals surface area (Å²) in [5.41, 5.74) is 0.245. The van der Waals surface area contributed by atoms with Crippen molar-refractivity contribution in [3.63, 3.8) is 0 Å². The maximum atomic E-state index is 12.5. The normalized spacial score (nSPS) is 17.6. The minimum absolute atomic E-state index is 0.354. The second-order valence-electron chi connectivity index (χ2n) is 6.76. The predicted molar refractivity (Wildman–Crippen MR) is 80.7 cm³/mol. The highest BCUT2D eigenvalue weighted by Crippen LogP contribution is 2.36. The van der Waals surface area contributed by atoms with Crippen LogP contribution >= 0.6 is 0 Å². The number of fused-ring (bicyclic) bond motifs is 1. The van der Waals surface area contributed by atoms with Gasteiger partial charge in [0.15, 0.2) is 0 Å². The number of nitrogens with zero attached hydrogens (tertiary/aromatic N) is 1. The standard InChI is InChI=1S/C17H21NO4/c1-10(2)13(19)18-14(20)11-8-6-7-9-12(11)15(18)22-16(21)17(3,4)5/h6-10,15H,1-5H3/t15-/m0/s1. The van der Waals surface area contributed by atoms with Gasteiger partial charge in [0.1, 0.15) is 0 Å². The first-order valence-corrected chi connectivity index (χ1v) is 7.32. The fourth-order valence-electron chi connectivity index (χ4n) is 2.17. The second kappa shape index (κ2) is 5.55. The first-order valence-electron chi connectivity index (χ1n) is 7.32. The van der Waals surface area contributed by atoms with E-state index >= 15 is 0 Å². The van der Waals surface area contributed by atoms with Gasteiger partial charge >= 0.3 is 5.97 Å². The number of hydrogen-bond acceptors (Lipinski definition) is 4. The average molecular weight is 303 g/mol. The quantitative estimate of drug-likeness (QED) is 0.788. The summed E-state index contributed by atoms with van der Waals surface area (Å²) in [6.07, 6.45) is -0.981. The van der Waals surface area contributed by atoms with Gasteiger partial charge in [0.05, 0.1) is 5.41 Å². The van der Waals surface area contributed by atoms with Crippen LogP contribution in [0.5, 0.6) is 0 Å². The maximum absolute atomic E-state index is 12.5. The Morgan fingerprint density at radius 1 is 1.18 bits per heavy atom. The smallest absolute Gasteiger partial charge is 0.313 e. The summed E-state index contributed by atoms with van der Waals surface area (Å²) in [5.74, 6) is -1.59. The molecule has 5 heteroatoms. The van der Waals surface area contributed by atoms with Crippen molar-refractivity contribution in [2.75, 3.05) is 0 Å². The van der Waals surface area contributed by atoms with Crippen LogP contribution in [0.25, 0.3) is 0 Å². The third-order valence-electron chi connectivity index (χ3n) is 3.47. The van der Waals surface area contributed by atoms with E-state index in [0.29, 0.717) is 11.1 Å². The molecule has 0 unspecified atom stereocenters. The van der Waals surface area contributed by atoms with E-state index in [1.54, 1.807) is 58.9 Å². The fourth-order valence-corrected chi connectivity index (χ4v) is 2.17. The Bertz CT molecular complexity index is 628. The lowest BCUT2D eigenvalue weighted by molar-refractivity contribution is -0.169. The van der Waals surface area contributed by atoms with Gasteiger partial charge in [0.2, 0.25) is 12.1 Å². The van der Waals surface area contributed by atoms with Gasteiger partial charge < -0.3 is 4.74 Å². The van der Waals surface area contributed by atoms with Gasteiger partial charge in [0.25, 0.3) is 5.91 Å². The summed E-state index contributed by atoms with van der Waals surface area (Å²) in [6.45, 7) is 8.61. The molecule has 2 rings (SSSR count). The summed E-state index contributed by atoms with van der Waals surface area (Å²) in [5, 5.41) is 0. The maximum Gasteiger partial charge on any atom is 0.313 e. The number of carbonyl (C=O) groups excluding carboxylic acids is 3. The van der Waals surface area contributed by atoms with E-state index in [1.165, 1.54) is 0 Å². The van der Waals surface area contributed by atoms with Gasteiger partial charge in [-0.2, -0.15) is 0 Å². The Balaban J connectivity index is 2.43. The lowest BCUT2D eigenvalue weighted by Gasteiger charge is -2.27. The molecule has 1 atom stereocenters. The molecule has 118 valence electrons. The van der Waals surface area contributed by atoms with Crippen molar-refractivity contribution >= 4 is 17.8 Å². The molecule has 0 aromatic heterocycles. The van der Waals surface area contributed by atoms with E-state index in [1.807, 2.05) is 0 Å². The minimum atomic E-state index is -0.981. The number of ether oxygens (including phenoxy) is 1. The summed E-state index contributed by atoms with van der Waals surface area (Å²) >= 11 is 0. The van der Waals surface area contributed by atoms with Gasteiger partial charge in [0, 0.05) is 17.0 Å². The molecule has 1 aliphatic heterocycles. The molecule has 22 heavy (non-hydrogen) atoms. The number of hydrogen-bond donors (Lipinski definition) is 0. The number of amides is 2. The zero-order chi connectivity index (χ0) is 16.7. The molecule has 0 aliphatic carbocycles. The first kappa shape index (κ1) is 16.2. The molecule has 0 radical (unpaired) electrons. The average Bonchev–Trinajstić information content (AvgIpc) is 2.70. The SMILES string of the molecule is CC(C)C(=O)N1C(=O)c2ccccc2[C@@H]1OC(=O)C(C)(C)C. The van der Waals surface area contributed by atoms with E-state index < -0.39 is 23.5 Å². The van der Waals surface area contributed by atoms with Crippen molar-refractivity contribution in [3.05, 3.63) is 35.4 Å². The van der Waals surface area contributed by atoms with E-state index in [-0.39, 0.29) is 11.8 Å². The molecule has 0 fully saturated rings. The molecule has 0 bridgehead atoms. The molecule has 1 aromatic carbocycles. The van der Waals surface area contributed by atoms with Crippen LogP contribution in [0.2, 0.25) is 0 Å². The van der Waals surface area contributed by atoms with Crippen LogP contribution in [0.3, 0.4) is 0 Å².